The average molecular weight is 1950 g/mol. The third-order valence-corrected chi connectivity index (χ3v) is 26.8. The smallest absolute Gasteiger partial charge is 0.303 e. The quantitative estimate of drug-likeness (QED) is 0.0255. The fourth-order valence-corrected chi connectivity index (χ4v) is 20.0. The highest BCUT2D eigenvalue weighted by molar-refractivity contribution is 6.24. The second-order valence-corrected chi connectivity index (χ2v) is 36.1. The first-order chi connectivity index (χ1) is 70.5. The van der Waals surface area contributed by atoms with E-state index < -0.39 is 196 Å². The van der Waals surface area contributed by atoms with E-state index >= 15 is 42.7 Å². The van der Waals surface area contributed by atoms with E-state index in [0.717, 1.165) is 25.2 Å². The summed E-state index contributed by atoms with van der Waals surface area (Å²) in [5.74, 6) is -7.74. The highest BCUT2D eigenvalue weighted by atomic mass is 19.1. The van der Waals surface area contributed by atoms with Gasteiger partial charge in [-0.15, -0.1) is 0 Å². The molecule has 0 saturated carbocycles. The van der Waals surface area contributed by atoms with Crippen LogP contribution in [0.3, 0.4) is 0 Å². The molecular formula is C114H103FN4O25. The zero-order chi connectivity index (χ0) is 98.7. The molecule has 0 bridgehead atoms. The van der Waals surface area contributed by atoms with Crippen molar-refractivity contribution in [1.82, 2.24) is 19.6 Å². The Morgan fingerprint density at radius 3 is 0.639 bits per heavy atom. The lowest BCUT2D eigenvalue weighted by molar-refractivity contribution is -0.376. The highest BCUT2D eigenvalue weighted by Gasteiger charge is 2.65. The second kappa shape index (κ2) is 44.9. The molecule has 12 aromatic rings. The van der Waals surface area contributed by atoms with Gasteiger partial charge in [-0.1, -0.05) is 291 Å². The minimum Gasteiger partial charge on any atom is -0.457 e. The molecule has 144 heavy (non-hydrogen) atoms. The molecule has 4 saturated heterocycles. The Morgan fingerprint density at radius 1 is 0.236 bits per heavy atom. The molecule has 8 amide bonds. The number of benzene rings is 12. The summed E-state index contributed by atoms with van der Waals surface area (Å²) in [6, 6.07) is 89.3. The molecule has 20 atom stereocenters. The van der Waals surface area contributed by atoms with Crippen LogP contribution in [-0.4, -0.2) is 222 Å². The molecule has 12 aromatic carbocycles. The van der Waals surface area contributed by atoms with Gasteiger partial charge in [-0.25, -0.2) is 4.39 Å². The van der Waals surface area contributed by atoms with Crippen molar-refractivity contribution in [3.05, 3.63) is 429 Å². The summed E-state index contributed by atoms with van der Waals surface area (Å²) in [4.78, 5) is 146. The lowest BCUT2D eigenvalue weighted by atomic mass is 9.91. The minimum absolute atomic E-state index is 0.00260. The van der Waals surface area contributed by atoms with Crippen molar-refractivity contribution < 1.29 is 123 Å². The lowest BCUT2D eigenvalue weighted by Crippen LogP contribution is -2.73. The van der Waals surface area contributed by atoms with E-state index in [9.17, 15) is 4.79 Å². The van der Waals surface area contributed by atoms with Crippen molar-refractivity contribution in [3.63, 3.8) is 0 Å². The van der Waals surface area contributed by atoms with E-state index in [1.165, 1.54) is 55.5 Å². The number of esters is 1. The lowest BCUT2D eigenvalue weighted by Gasteiger charge is -2.54. The largest absolute Gasteiger partial charge is 0.457 e. The third kappa shape index (κ3) is 20.9. The number of hydrogen-bond acceptors (Lipinski definition) is 25. The van der Waals surface area contributed by atoms with Gasteiger partial charge in [0.2, 0.25) is 6.36 Å². The van der Waals surface area contributed by atoms with Crippen LogP contribution in [0.15, 0.2) is 340 Å². The maximum atomic E-state index is 18.6. The molecule has 0 spiro atoms. The maximum absolute atomic E-state index is 18.6. The van der Waals surface area contributed by atoms with E-state index in [2.05, 4.69) is 0 Å². The number of carbonyl (C=O) groups is 9. The number of carbonyl (C=O) groups excluding carboxylic acids is 9. The first kappa shape index (κ1) is 97.4. The summed E-state index contributed by atoms with van der Waals surface area (Å²) in [5, 5.41) is 0. The van der Waals surface area contributed by atoms with Crippen LogP contribution in [0.25, 0.3) is 0 Å². The van der Waals surface area contributed by atoms with Crippen molar-refractivity contribution in [1.29, 1.82) is 0 Å². The Kier molecular flexibility index (Phi) is 30.4. The van der Waals surface area contributed by atoms with E-state index in [1.807, 2.05) is 127 Å². The van der Waals surface area contributed by atoms with Gasteiger partial charge in [-0.2, -0.15) is 0 Å². The number of ether oxygens (including phenoxy) is 16. The molecule has 0 N–H and O–H groups in total. The number of fused-ring (bicyclic) bond motifs is 4. The number of amides is 8. The fourth-order valence-electron chi connectivity index (χ4n) is 20.0. The Bertz CT molecular complexity index is 6390. The maximum Gasteiger partial charge on any atom is 0.303 e. The summed E-state index contributed by atoms with van der Waals surface area (Å²) in [6.45, 7) is -2.25. The minimum atomic E-state index is -2.54. The monoisotopic (exact) mass is 1950 g/mol. The Labute approximate surface area is 829 Å². The van der Waals surface area contributed by atoms with Crippen LogP contribution in [0.4, 0.5) is 4.39 Å². The molecule has 20 rings (SSSR count). The van der Waals surface area contributed by atoms with Gasteiger partial charge in [0.15, 0.2) is 25.0 Å². The van der Waals surface area contributed by atoms with Crippen molar-refractivity contribution in [3.8, 4) is 0 Å². The van der Waals surface area contributed by atoms with Gasteiger partial charge in [-0.3, -0.25) is 62.8 Å². The van der Waals surface area contributed by atoms with Crippen LogP contribution in [0.2, 0.25) is 0 Å². The van der Waals surface area contributed by atoms with Gasteiger partial charge in [-0.05, 0) is 93.0 Å². The van der Waals surface area contributed by atoms with Crippen LogP contribution in [0.5, 0.6) is 0 Å². The van der Waals surface area contributed by atoms with Gasteiger partial charge < -0.3 is 75.8 Å². The van der Waals surface area contributed by atoms with Crippen LogP contribution in [-0.2, 0) is 133 Å². The Hall–Kier alpha value is -14.0. The second-order valence-electron chi connectivity index (χ2n) is 36.1. The van der Waals surface area contributed by atoms with Crippen LogP contribution < -0.4 is 0 Å². The zero-order valence-corrected chi connectivity index (χ0v) is 78.2. The molecule has 30 heteroatoms. The van der Waals surface area contributed by atoms with Crippen LogP contribution >= 0.6 is 0 Å². The summed E-state index contributed by atoms with van der Waals surface area (Å²) in [5.41, 5.74) is 4.79. The van der Waals surface area contributed by atoms with Crippen molar-refractivity contribution in [2.24, 2.45) is 0 Å². The number of alkyl halides is 1. The van der Waals surface area contributed by atoms with Gasteiger partial charge in [0, 0.05) is 6.92 Å². The Morgan fingerprint density at radius 2 is 0.417 bits per heavy atom. The number of hydrogen-bond donors (Lipinski definition) is 0. The predicted molar refractivity (Wildman–Crippen MR) is 513 cm³/mol. The SMILES string of the molecule is CC(=O)O[C@H]1[C@H](OCc2ccccc2)[C@@H](N2C(=O)c3ccccc3C2=O)[C@H](O[C@H]2[C@H](OCc3ccccc3)[C@@H](N3C(=O)c4ccccc4C3=O)[C@H](O[C@H]3[C@H](OCc4ccccc4)[C@@H](N4C(=O)c5ccccc5C4=O)[C@H](O[C@H]4[C@H](OCc5ccccc5)[C@@H](N5C(=O)c6ccccc6C5=O)[C@H](F)O[C@@H]4COCc4ccccc4)O[C@@H]3COCc3ccccc3)O[C@@H]2COCc2ccccc2)O[C@@H]1COCc1ccccc1. The summed E-state index contributed by atoms with van der Waals surface area (Å²) < 4.78 is 134. The van der Waals surface area contributed by atoms with Crippen molar-refractivity contribution in [2.45, 2.75) is 182 Å². The number of halogens is 1. The average Bonchev–Trinajstić information content (AvgIpc) is 1.65. The third-order valence-electron chi connectivity index (χ3n) is 26.8. The van der Waals surface area contributed by atoms with E-state index in [0.29, 0.717) is 38.9 Å². The van der Waals surface area contributed by atoms with Gasteiger partial charge in [0.1, 0.15) is 91.3 Å². The van der Waals surface area contributed by atoms with Gasteiger partial charge in [0.25, 0.3) is 47.3 Å². The summed E-state index contributed by atoms with van der Waals surface area (Å²) in [7, 11) is 0. The van der Waals surface area contributed by atoms with Crippen molar-refractivity contribution in [2.75, 3.05) is 26.4 Å². The topological polar surface area (TPSA) is 314 Å². The van der Waals surface area contributed by atoms with E-state index in [-0.39, 0.29) is 104 Å². The first-order valence-corrected chi connectivity index (χ1v) is 47.9. The highest BCUT2D eigenvalue weighted by Crippen LogP contribution is 2.47. The van der Waals surface area contributed by atoms with Crippen LogP contribution in [0, 0.1) is 0 Å². The predicted octanol–water partition coefficient (Wildman–Crippen LogP) is 14.8. The van der Waals surface area contributed by atoms with E-state index in [4.69, 9.17) is 75.8 Å². The molecule has 0 aliphatic carbocycles. The summed E-state index contributed by atoms with van der Waals surface area (Å²) >= 11 is 0. The molecule has 0 radical (unpaired) electrons. The number of nitrogens with zero attached hydrogens (tertiary/aromatic N) is 4. The molecule has 736 valence electrons. The molecule has 8 heterocycles. The Balaban J connectivity index is 0.777. The normalized spacial score (nSPS) is 26.0. The standard InChI is InChI=1S/C114H103FN4O25/c1-70(120)137-95-88(67-130-59-72-36-12-3-13-37-72)139-112(92(100(95)134-63-76-44-20-7-21-45-76)117-106(123)81-52-28-29-53-82(81)107(117)124)143-97-90(69-132-61-74-40-16-5-17-41-74)141-114(94(102(97)136-65-78-48-24-9-25-49-78)119-110(127)85-56-32-33-57-86(85)111(119)128)144-98-89(68-131-60-73-38-14-4-15-39-73)140-113(93(101(98)135-64-77-46-22-8-23-47-77)118-108(125)83-54-30-31-55-84(83)109(118)126)142-96-87(66-129-58-71-34-10-2-11-35-71)138-103(115)91(99(96)133-62-75-42-18-6-19-43-75)116-104(121)79-50-26-27-51-80(79)105(116)122/h2-57,87-103,112-114H,58-69H2,1H3/t87-,88-,89-,90-,91-,92-,93-,94-,95-,96-,97-,98-,99-,100-,101-,102-,103-,112+,113+,114+/m1/s1. The fraction of sp³-hybridized carbons (Fsp3) is 0.289. The molecule has 0 aromatic heterocycles. The van der Waals surface area contributed by atoms with E-state index in [1.54, 1.807) is 164 Å². The van der Waals surface area contributed by atoms with Crippen LogP contribution in [0.1, 0.15) is 134 Å². The molecular weight excluding hydrogens is 1840 g/mol. The zero-order valence-electron chi connectivity index (χ0n) is 78.2. The van der Waals surface area contributed by atoms with Gasteiger partial charge >= 0.3 is 5.97 Å². The first-order valence-electron chi connectivity index (χ1n) is 47.9. The van der Waals surface area contributed by atoms with Crippen molar-refractivity contribution >= 4 is 53.2 Å². The molecule has 29 nitrogen and oxygen atoms in total. The molecule has 0 unspecified atom stereocenters. The summed E-state index contributed by atoms with van der Waals surface area (Å²) in [6.07, 6.45) is -28.9. The molecule has 8 aliphatic rings. The van der Waals surface area contributed by atoms with Gasteiger partial charge in [0.05, 0.1) is 124 Å². The number of imide groups is 4. The molecule has 4 fully saturated rings. The number of rotatable bonds is 39. The molecule has 8 aliphatic heterocycles.